The molecule has 0 aromatic carbocycles. The van der Waals surface area contributed by atoms with E-state index in [1.54, 1.807) is 0 Å². The number of hydrazine groups is 1. The highest BCUT2D eigenvalue weighted by molar-refractivity contribution is 5.42. The number of hydrogen-bond acceptors (Lipinski definition) is 5. The molecule has 2 aliphatic rings. The summed E-state index contributed by atoms with van der Waals surface area (Å²) >= 11 is 0. The van der Waals surface area contributed by atoms with Gasteiger partial charge in [0.1, 0.15) is 0 Å². The summed E-state index contributed by atoms with van der Waals surface area (Å²) < 4.78 is 13.5. The van der Waals surface area contributed by atoms with Crippen molar-refractivity contribution in [2.24, 2.45) is 17.7 Å². The summed E-state index contributed by atoms with van der Waals surface area (Å²) in [6.07, 6.45) is 6.10. The van der Waals surface area contributed by atoms with E-state index < -0.39 is 5.82 Å². The quantitative estimate of drug-likeness (QED) is 0.548. The first-order chi connectivity index (χ1) is 8.26. The lowest BCUT2D eigenvalue weighted by Gasteiger charge is -2.23. The van der Waals surface area contributed by atoms with Crippen molar-refractivity contribution in [2.45, 2.75) is 31.7 Å². The van der Waals surface area contributed by atoms with Crippen LogP contribution in [0.4, 0.5) is 16.2 Å². The third-order valence-corrected chi connectivity index (χ3v) is 3.93. The van der Waals surface area contributed by atoms with Crippen molar-refractivity contribution in [1.82, 2.24) is 9.97 Å². The van der Waals surface area contributed by atoms with Crippen molar-refractivity contribution in [3.05, 3.63) is 12.0 Å². The van der Waals surface area contributed by atoms with E-state index in [1.165, 1.54) is 19.3 Å². The van der Waals surface area contributed by atoms with Crippen molar-refractivity contribution >= 4 is 11.8 Å². The number of anilines is 2. The van der Waals surface area contributed by atoms with Crippen LogP contribution in [0.5, 0.6) is 0 Å². The molecule has 0 spiro atoms. The molecule has 5 nitrogen and oxygen atoms in total. The van der Waals surface area contributed by atoms with Crippen LogP contribution >= 0.6 is 0 Å². The van der Waals surface area contributed by atoms with Crippen LogP contribution in [0.15, 0.2) is 6.20 Å². The topological polar surface area (TPSA) is 75.9 Å². The van der Waals surface area contributed by atoms with Gasteiger partial charge < -0.3 is 5.32 Å². The lowest BCUT2D eigenvalue weighted by molar-refractivity contribution is 0.436. The highest BCUT2D eigenvalue weighted by Crippen LogP contribution is 2.45. The second-order valence-corrected chi connectivity index (χ2v) is 4.96. The third-order valence-electron chi connectivity index (χ3n) is 3.93. The van der Waals surface area contributed by atoms with E-state index in [2.05, 4.69) is 20.7 Å². The van der Waals surface area contributed by atoms with Gasteiger partial charge in [-0.2, -0.15) is 4.98 Å². The molecule has 6 heteroatoms. The van der Waals surface area contributed by atoms with Crippen LogP contribution in [0.1, 0.15) is 25.7 Å². The number of hydrogen-bond donors (Lipinski definition) is 3. The Balaban J connectivity index is 1.76. The van der Waals surface area contributed by atoms with Gasteiger partial charge in [-0.3, -0.25) is 5.43 Å². The molecule has 3 unspecified atom stereocenters. The third kappa shape index (κ3) is 1.93. The second kappa shape index (κ2) is 4.10. The summed E-state index contributed by atoms with van der Waals surface area (Å²) in [5.74, 6) is 6.76. The van der Waals surface area contributed by atoms with E-state index in [4.69, 9.17) is 5.84 Å². The SMILES string of the molecule is NNc1ncc(F)c(NC2CC3CCC2C3)n1. The molecule has 0 radical (unpaired) electrons. The first-order valence-corrected chi connectivity index (χ1v) is 6.02. The zero-order valence-electron chi connectivity index (χ0n) is 9.49. The van der Waals surface area contributed by atoms with Crippen LogP contribution in [0.2, 0.25) is 0 Å². The molecular formula is C11H16FN5. The van der Waals surface area contributed by atoms with Crippen molar-refractivity contribution < 1.29 is 4.39 Å². The van der Waals surface area contributed by atoms with Crippen molar-refractivity contribution in [3.8, 4) is 0 Å². The first-order valence-electron chi connectivity index (χ1n) is 6.02. The molecule has 0 amide bonds. The van der Waals surface area contributed by atoms with Crippen LogP contribution in [0, 0.1) is 17.7 Å². The lowest BCUT2D eigenvalue weighted by atomic mass is 9.95. The molecule has 1 heterocycles. The molecule has 2 aliphatic carbocycles. The summed E-state index contributed by atoms with van der Waals surface area (Å²) in [6.45, 7) is 0. The van der Waals surface area contributed by atoms with E-state index in [0.29, 0.717) is 12.0 Å². The van der Waals surface area contributed by atoms with Gasteiger partial charge >= 0.3 is 0 Å². The van der Waals surface area contributed by atoms with E-state index in [9.17, 15) is 4.39 Å². The number of halogens is 1. The standard InChI is InChI=1S/C11H16FN5/c12-8-5-14-11(17-13)16-10(8)15-9-4-6-1-2-7(9)3-6/h5-7,9H,1-4,13H2,(H2,14,15,16,17). The molecule has 17 heavy (non-hydrogen) atoms. The second-order valence-electron chi connectivity index (χ2n) is 4.96. The highest BCUT2D eigenvalue weighted by Gasteiger charge is 2.39. The van der Waals surface area contributed by atoms with Crippen molar-refractivity contribution in [1.29, 1.82) is 0 Å². The monoisotopic (exact) mass is 237 g/mol. The van der Waals surface area contributed by atoms with Gasteiger partial charge in [0.2, 0.25) is 5.95 Å². The Morgan fingerprint density at radius 1 is 1.35 bits per heavy atom. The summed E-state index contributed by atoms with van der Waals surface area (Å²) in [5.41, 5.74) is 2.32. The molecule has 2 fully saturated rings. The van der Waals surface area contributed by atoms with E-state index in [-0.39, 0.29) is 11.8 Å². The Morgan fingerprint density at radius 2 is 2.24 bits per heavy atom. The van der Waals surface area contributed by atoms with E-state index in [1.807, 2.05) is 0 Å². The summed E-state index contributed by atoms with van der Waals surface area (Å²) in [5, 5.41) is 3.19. The van der Waals surface area contributed by atoms with E-state index in [0.717, 1.165) is 18.5 Å². The molecule has 2 saturated carbocycles. The van der Waals surface area contributed by atoms with Gasteiger partial charge in [-0.05, 0) is 31.1 Å². The minimum absolute atomic E-state index is 0.233. The normalized spacial score (nSPS) is 30.6. The summed E-state index contributed by atoms with van der Waals surface area (Å²) in [7, 11) is 0. The number of aromatic nitrogens is 2. The smallest absolute Gasteiger partial charge is 0.239 e. The Bertz CT molecular complexity index is 424. The fourth-order valence-electron chi connectivity index (χ4n) is 3.14. The van der Waals surface area contributed by atoms with Crippen LogP contribution in [0.25, 0.3) is 0 Å². The molecule has 3 rings (SSSR count). The maximum atomic E-state index is 13.5. The van der Waals surface area contributed by atoms with Crippen LogP contribution < -0.4 is 16.6 Å². The molecule has 92 valence electrons. The van der Waals surface area contributed by atoms with E-state index >= 15 is 0 Å². The zero-order valence-corrected chi connectivity index (χ0v) is 9.49. The zero-order chi connectivity index (χ0) is 11.8. The Morgan fingerprint density at radius 3 is 2.88 bits per heavy atom. The van der Waals surface area contributed by atoms with Gasteiger partial charge in [0.05, 0.1) is 6.20 Å². The number of nitrogens with two attached hydrogens (primary N) is 1. The van der Waals surface area contributed by atoms with Gasteiger partial charge in [-0.15, -0.1) is 0 Å². The molecule has 0 aliphatic heterocycles. The van der Waals surface area contributed by atoms with Crippen LogP contribution in [-0.4, -0.2) is 16.0 Å². The number of fused-ring (bicyclic) bond motifs is 2. The van der Waals surface area contributed by atoms with Crippen LogP contribution in [-0.2, 0) is 0 Å². The summed E-state index contributed by atoms with van der Waals surface area (Å²) in [4.78, 5) is 7.72. The van der Waals surface area contributed by atoms with Gasteiger partial charge in [-0.25, -0.2) is 15.2 Å². The van der Waals surface area contributed by atoms with Crippen molar-refractivity contribution in [3.63, 3.8) is 0 Å². The predicted molar refractivity (Wildman–Crippen MR) is 62.7 cm³/mol. The lowest BCUT2D eigenvalue weighted by Crippen LogP contribution is -2.27. The molecule has 4 N–H and O–H groups in total. The summed E-state index contributed by atoms with van der Waals surface area (Å²) in [6, 6.07) is 0.351. The fraction of sp³-hybridized carbons (Fsp3) is 0.636. The first kappa shape index (κ1) is 10.7. The minimum Gasteiger partial charge on any atom is -0.364 e. The number of nitrogens with zero attached hydrogens (tertiary/aromatic N) is 2. The largest absolute Gasteiger partial charge is 0.364 e. The minimum atomic E-state index is -0.424. The Labute approximate surface area is 99.0 Å². The van der Waals surface area contributed by atoms with Crippen molar-refractivity contribution in [2.75, 3.05) is 10.7 Å². The maximum absolute atomic E-state index is 13.5. The molecule has 1 aromatic heterocycles. The molecule has 1 aromatic rings. The van der Waals surface area contributed by atoms with Crippen LogP contribution in [0.3, 0.4) is 0 Å². The Kier molecular flexibility index (Phi) is 2.58. The average Bonchev–Trinajstić information content (AvgIpc) is 2.94. The molecule has 0 saturated heterocycles. The fourth-order valence-corrected chi connectivity index (χ4v) is 3.14. The maximum Gasteiger partial charge on any atom is 0.239 e. The Hall–Kier alpha value is -1.43. The average molecular weight is 237 g/mol. The highest BCUT2D eigenvalue weighted by atomic mass is 19.1. The van der Waals surface area contributed by atoms with Gasteiger partial charge in [-0.1, -0.05) is 6.42 Å². The molecule has 3 atom stereocenters. The molecule has 2 bridgehead atoms. The molecular weight excluding hydrogens is 221 g/mol. The van der Waals surface area contributed by atoms with Gasteiger partial charge in [0.25, 0.3) is 0 Å². The van der Waals surface area contributed by atoms with Gasteiger partial charge in [0, 0.05) is 6.04 Å². The number of nitrogens with one attached hydrogen (secondary N) is 2. The predicted octanol–water partition coefficient (Wildman–Crippen LogP) is 1.50. The van der Waals surface area contributed by atoms with Gasteiger partial charge in [0.15, 0.2) is 11.6 Å². The number of nitrogen functional groups attached to an aromatic ring is 1. The number of rotatable bonds is 3.